The molecule has 0 saturated carbocycles. The van der Waals surface area contributed by atoms with Gasteiger partial charge in [0, 0.05) is 5.75 Å². The van der Waals surface area contributed by atoms with E-state index >= 15 is 0 Å². The summed E-state index contributed by atoms with van der Waals surface area (Å²) in [5, 5.41) is 11.1. The zero-order valence-corrected chi connectivity index (χ0v) is 15.0. The van der Waals surface area contributed by atoms with Crippen LogP contribution in [0.4, 0.5) is 0 Å². The van der Waals surface area contributed by atoms with Crippen LogP contribution < -0.4 is 5.84 Å². The average molecular weight is 364 g/mol. The number of aromatic nitrogens is 3. The summed E-state index contributed by atoms with van der Waals surface area (Å²) in [6, 6.07) is 22.9. The van der Waals surface area contributed by atoms with E-state index < -0.39 is 0 Å². The molecular weight excluding hydrogens is 348 g/mol. The third-order valence-electron chi connectivity index (χ3n) is 3.84. The van der Waals surface area contributed by atoms with Gasteiger partial charge < -0.3 is 5.84 Å². The van der Waals surface area contributed by atoms with Crippen molar-refractivity contribution in [1.29, 1.82) is 0 Å². The van der Waals surface area contributed by atoms with Crippen molar-refractivity contribution in [2.45, 2.75) is 10.9 Å². The number of thiophene rings is 1. The highest BCUT2D eigenvalue weighted by molar-refractivity contribution is 7.98. The van der Waals surface area contributed by atoms with Crippen LogP contribution in [-0.4, -0.2) is 14.9 Å². The molecule has 0 atom stereocenters. The molecule has 6 heteroatoms. The Bertz CT molecular complexity index is 945. The van der Waals surface area contributed by atoms with Crippen molar-refractivity contribution < 1.29 is 0 Å². The van der Waals surface area contributed by atoms with Crippen molar-refractivity contribution in [2.75, 3.05) is 5.84 Å². The third-order valence-corrected chi connectivity index (χ3v) is 5.72. The summed E-state index contributed by atoms with van der Waals surface area (Å²) in [5.41, 5.74) is 3.67. The van der Waals surface area contributed by atoms with Gasteiger partial charge >= 0.3 is 0 Å². The van der Waals surface area contributed by atoms with Crippen LogP contribution in [0.15, 0.2) is 77.3 Å². The zero-order valence-electron chi connectivity index (χ0n) is 13.4. The van der Waals surface area contributed by atoms with Gasteiger partial charge in [-0.15, -0.1) is 21.5 Å². The summed E-state index contributed by atoms with van der Waals surface area (Å²) < 4.78 is 1.56. The number of nitrogens with two attached hydrogens (primary N) is 1. The predicted molar refractivity (Wildman–Crippen MR) is 105 cm³/mol. The number of nitrogens with zero attached hydrogens (tertiary/aromatic N) is 3. The lowest BCUT2D eigenvalue weighted by atomic mass is 10.0. The minimum atomic E-state index is 0.705. The van der Waals surface area contributed by atoms with E-state index in [-0.39, 0.29) is 0 Å². The molecule has 0 unspecified atom stereocenters. The highest BCUT2D eigenvalue weighted by Gasteiger charge is 2.12. The second-order valence-corrected chi connectivity index (χ2v) is 7.40. The van der Waals surface area contributed by atoms with Crippen molar-refractivity contribution in [2.24, 2.45) is 0 Å². The summed E-state index contributed by atoms with van der Waals surface area (Å²) in [4.78, 5) is 1.02. The number of thioether (sulfide) groups is 1. The molecule has 2 aromatic heterocycles. The fourth-order valence-corrected chi connectivity index (χ4v) is 4.04. The number of hydrogen-bond acceptors (Lipinski definition) is 5. The van der Waals surface area contributed by atoms with E-state index in [2.05, 4.69) is 58.7 Å². The highest BCUT2D eigenvalue weighted by atomic mass is 32.2. The Morgan fingerprint density at radius 3 is 2.36 bits per heavy atom. The molecule has 0 bridgehead atoms. The highest BCUT2D eigenvalue weighted by Crippen LogP contribution is 2.27. The first kappa shape index (κ1) is 15.9. The van der Waals surface area contributed by atoms with Gasteiger partial charge in [-0.25, -0.2) is 4.68 Å². The van der Waals surface area contributed by atoms with E-state index in [1.165, 1.54) is 16.7 Å². The summed E-state index contributed by atoms with van der Waals surface area (Å²) >= 11 is 3.19. The monoisotopic (exact) mass is 364 g/mol. The standard InChI is InChI=1S/C19H16N4S2/c20-23-18(17-7-4-12-24-17)21-22-19(23)25-13-14-8-10-16(11-9-14)15-5-2-1-3-6-15/h1-12H,13,20H2. The second kappa shape index (κ2) is 7.13. The summed E-state index contributed by atoms with van der Waals surface area (Å²) in [6.07, 6.45) is 0. The molecule has 25 heavy (non-hydrogen) atoms. The number of benzene rings is 2. The maximum Gasteiger partial charge on any atom is 0.210 e. The Kier molecular flexibility index (Phi) is 4.54. The van der Waals surface area contributed by atoms with E-state index in [0.29, 0.717) is 5.82 Å². The van der Waals surface area contributed by atoms with Gasteiger partial charge in [0.05, 0.1) is 4.88 Å². The lowest BCUT2D eigenvalue weighted by Crippen LogP contribution is -2.11. The molecule has 0 amide bonds. The molecule has 0 aliphatic heterocycles. The van der Waals surface area contributed by atoms with Crippen molar-refractivity contribution in [3.05, 3.63) is 77.7 Å². The molecule has 124 valence electrons. The molecule has 0 saturated heterocycles. The van der Waals surface area contributed by atoms with E-state index in [0.717, 1.165) is 15.8 Å². The van der Waals surface area contributed by atoms with Crippen molar-refractivity contribution in [1.82, 2.24) is 14.9 Å². The van der Waals surface area contributed by atoms with Crippen LogP contribution >= 0.6 is 23.1 Å². The van der Waals surface area contributed by atoms with Gasteiger partial charge in [0.15, 0.2) is 5.82 Å². The quantitative estimate of drug-likeness (QED) is 0.413. The Hall–Kier alpha value is -2.57. The minimum Gasteiger partial charge on any atom is -0.335 e. The molecule has 0 aliphatic carbocycles. The van der Waals surface area contributed by atoms with E-state index in [4.69, 9.17) is 5.84 Å². The normalized spacial score (nSPS) is 10.9. The molecule has 0 aliphatic rings. The van der Waals surface area contributed by atoms with Gasteiger partial charge in [-0.2, -0.15) is 0 Å². The van der Waals surface area contributed by atoms with Gasteiger partial charge in [0.2, 0.25) is 5.16 Å². The molecule has 0 fully saturated rings. The topological polar surface area (TPSA) is 56.7 Å². The van der Waals surface area contributed by atoms with E-state index in [1.54, 1.807) is 27.8 Å². The Morgan fingerprint density at radius 2 is 1.64 bits per heavy atom. The second-order valence-electron chi connectivity index (χ2n) is 5.51. The van der Waals surface area contributed by atoms with Gasteiger partial charge in [0.25, 0.3) is 0 Å². The maximum atomic E-state index is 6.14. The molecule has 4 nitrogen and oxygen atoms in total. The van der Waals surface area contributed by atoms with Crippen molar-refractivity contribution in [3.63, 3.8) is 0 Å². The van der Waals surface area contributed by atoms with Crippen LogP contribution in [0.3, 0.4) is 0 Å². The summed E-state index contributed by atoms with van der Waals surface area (Å²) in [7, 11) is 0. The minimum absolute atomic E-state index is 0.705. The first-order valence-corrected chi connectivity index (χ1v) is 9.69. The lowest BCUT2D eigenvalue weighted by molar-refractivity contribution is 0.850. The number of hydrogen-bond donors (Lipinski definition) is 1. The van der Waals surface area contributed by atoms with Gasteiger partial charge in [-0.05, 0) is 28.1 Å². The molecule has 4 rings (SSSR count). The third kappa shape index (κ3) is 3.45. The maximum absolute atomic E-state index is 6.14. The molecule has 4 aromatic rings. The number of rotatable bonds is 5. The Balaban J connectivity index is 1.45. The van der Waals surface area contributed by atoms with Gasteiger partial charge in [-0.3, -0.25) is 0 Å². The fourth-order valence-electron chi connectivity index (χ4n) is 2.52. The van der Waals surface area contributed by atoms with Crippen molar-refractivity contribution in [3.8, 4) is 21.8 Å². The smallest absolute Gasteiger partial charge is 0.210 e. The SMILES string of the molecule is Nn1c(SCc2ccc(-c3ccccc3)cc2)nnc1-c1cccs1. The average Bonchev–Trinajstić information content (AvgIpc) is 3.31. The molecule has 2 heterocycles. The molecular formula is C19H16N4S2. The Labute approximate surface area is 154 Å². The molecule has 2 N–H and O–H groups in total. The lowest BCUT2D eigenvalue weighted by Gasteiger charge is -2.05. The molecule has 0 spiro atoms. The first-order chi connectivity index (χ1) is 12.3. The van der Waals surface area contributed by atoms with Crippen LogP contribution in [0.2, 0.25) is 0 Å². The molecule has 0 radical (unpaired) electrons. The fraction of sp³-hybridized carbons (Fsp3) is 0.0526. The van der Waals surface area contributed by atoms with Crippen LogP contribution in [-0.2, 0) is 5.75 Å². The number of nitrogen functional groups attached to an aromatic ring is 1. The van der Waals surface area contributed by atoms with Gasteiger partial charge in [0.1, 0.15) is 0 Å². The zero-order chi connectivity index (χ0) is 17.1. The van der Waals surface area contributed by atoms with E-state index in [1.807, 2.05) is 23.6 Å². The first-order valence-electron chi connectivity index (χ1n) is 7.83. The van der Waals surface area contributed by atoms with Crippen LogP contribution in [0.1, 0.15) is 5.56 Å². The summed E-state index contributed by atoms with van der Waals surface area (Å²) in [5.74, 6) is 7.64. The van der Waals surface area contributed by atoms with E-state index in [9.17, 15) is 0 Å². The predicted octanol–water partition coefficient (Wildman–Crippen LogP) is 4.68. The van der Waals surface area contributed by atoms with Crippen LogP contribution in [0, 0.1) is 0 Å². The van der Waals surface area contributed by atoms with Crippen molar-refractivity contribution >= 4 is 23.1 Å². The van der Waals surface area contributed by atoms with Crippen LogP contribution in [0.25, 0.3) is 21.8 Å². The molecule has 2 aromatic carbocycles. The van der Waals surface area contributed by atoms with Gasteiger partial charge in [-0.1, -0.05) is 72.4 Å². The Morgan fingerprint density at radius 1 is 0.880 bits per heavy atom. The largest absolute Gasteiger partial charge is 0.335 e. The van der Waals surface area contributed by atoms with Crippen LogP contribution in [0.5, 0.6) is 0 Å². The summed E-state index contributed by atoms with van der Waals surface area (Å²) in [6.45, 7) is 0.